The molecule has 1 nitrogen and oxygen atoms in total. The van der Waals surface area contributed by atoms with Crippen molar-refractivity contribution in [3.63, 3.8) is 0 Å². The summed E-state index contributed by atoms with van der Waals surface area (Å²) in [4.78, 5) is 0. The van der Waals surface area contributed by atoms with E-state index in [4.69, 9.17) is 5.26 Å². The van der Waals surface area contributed by atoms with Crippen molar-refractivity contribution in [2.24, 2.45) is 5.92 Å². The zero-order valence-corrected chi connectivity index (χ0v) is 5.72. The highest BCUT2D eigenvalue weighted by Gasteiger charge is 2.20. The molecular formula is C8H11N. The molecule has 0 aromatic heterocycles. The van der Waals surface area contributed by atoms with Crippen LogP contribution in [0.2, 0.25) is 0 Å². The van der Waals surface area contributed by atoms with Crippen LogP contribution in [-0.4, -0.2) is 0 Å². The Morgan fingerprint density at radius 2 is 2.33 bits per heavy atom. The van der Waals surface area contributed by atoms with E-state index in [0.717, 1.165) is 5.57 Å². The molecule has 1 saturated carbocycles. The van der Waals surface area contributed by atoms with Gasteiger partial charge in [0.05, 0.1) is 6.07 Å². The molecule has 48 valence electrons. The second-order valence-corrected chi connectivity index (χ2v) is 2.48. The molecule has 1 rings (SSSR count). The number of rotatable bonds is 1. The van der Waals surface area contributed by atoms with Crippen LogP contribution in [0.3, 0.4) is 0 Å². The summed E-state index contributed by atoms with van der Waals surface area (Å²) in [5, 5.41) is 8.54. The number of allylic oxidation sites excluding steroid dienone is 2. The van der Waals surface area contributed by atoms with E-state index in [0.29, 0.717) is 5.92 Å². The van der Waals surface area contributed by atoms with Crippen LogP contribution in [-0.2, 0) is 0 Å². The molecule has 0 aromatic rings. The lowest BCUT2D eigenvalue weighted by Crippen LogP contribution is -2.12. The molecule has 0 spiro atoms. The Hall–Kier alpha value is -0.770. The Labute approximate surface area is 56.0 Å². The molecule has 0 aliphatic heterocycles. The lowest BCUT2D eigenvalue weighted by molar-refractivity contribution is 0.375. The normalized spacial score (nSPS) is 20.7. The Morgan fingerprint density at radius 1 is 1.67 bits per heavy atom. The van der Waals surface area contributed by atoms with Crippen molar-refractivity contribution in [3.8, 4) is 6.07 Å². The summed E-state index contributed by atoms with van der Waals surface area (Å²) in [6.07, 6.45) is 5.70. The SMILES string of the molecule is CC=C(C#N)C1CCC1. The van der Waals surface area contributed by atoms with Crippen LogP contribution in [0.15, 0.2) is 11.6 Å². The van der Waals surface area contributed by atoms with Crippen molar-refractivity contribution < 1.29 is 0 Å². The second-order valence-electron chi connectivity index (χ2n) is 2.48. The van der Waals surface area contributed by atoms with Gasteiger partial charge in [-0.1, -0.05) is 12.5 Å². The summed E-state index contributed by atoms with van der Waals surface area (Å²) in [6.45, 7) is 1.94. The van der Waals surface area contributed by atoms with Gasteiger partial charge in [0.25, 0.3) is 0 Å². The van der Waals surface area contributed by atoms with Crippen molar-refractivity contribution in [2.45, 2.75) is 26.2 Å². The van der Waals surface area contributed by atoms with E-state index in [1.54, 1.807) is 0 Å². The van der Waals surface area contributed by atoms with E-state index in [2.05, 4.69) is 6.07 Å². The molecule has 1 fully saturated rings. The molecule has 0 heterocycles. The first-order valence-corrected chi connectivity index (χ1v) is 3.44. The maximum atomic E-state index is 8.54. The zero-order valence-electron chi connectivity index (χ0n) is 5.72. The van der Waals surface area contributed by atoms with E-state index in [-0.39, 0.29) is 0 Å². The van der Waals surface area contributed by atoms with Gasteiger partial charge in [-0.2, -0.15) is 5.26 Å². The molecule has 0 amide bonds. The number of nitriles is 1. The van der Waals surface area contributed by atoms with E-state index in [9.17, 15) is 0 Å². The van der Waals surface area contributed by atoms with E-state index in [1.807, 2.05) is 13.0 Å². The zero-order chi connectivity index (χ0) is 6.69. The van der Waals surface area contributed by atoms with Crippen LogP contribution in [0.5, 0.6) is 0 Å². The second kappa shape index (κ2) is 2.68. The van der Waals surface area contributed by atoms with Gasteiger partial charge in [0, 0.05) is 5.57 Å². The lowest BCUT2D eigenvalue weighted by atomic mass is 9.80. The average Bonchev–Trinajstić information content (AvgIpc) is 1.78. The molecule has 0 radical (unpaired) electrons. The van der Waals surface area contributed by atoms with E-state index >= 15 is 0 Å². The van der Waals surface area contributed by atoms with Gasteiger partial charge in [0.1, 0.15) is 0 Å². The molecule has 0 bridgehead atoms. The molecule has 0 N–H and O–H groups in total. The van der Waals surface area contributed by atoms with Gasteiger partial charge >= 0.3 is 0 Å². The maximum absolute atomic E-state index is 8.54. The fraction of sp³-hybridized carbons (Fsp3) is 0.625. The first kappa shape index (κ1) is 6.35. The molecular weight excluding hydrogens is 110 g/mol. The largest absolute Gasteiger partial charge is 0.193 e. The number of nitrogens with zero attached hydrogens (tertiary/aromatic N) is 1. The molecule has 0 atom stereocenters. The van der Waals surface area contributed by atoms with E-state index in [1.165, 1.54) is 19.3 Å². The Bertz CT molecular complexity index is 158. The Balaban J connectivity index is 2.50. The third-order valence-electron chi connectivity index (χ3n) is 1.99. The van der Waals surface area contributed by atoms with Crippen molar-refractivity contribution in [2.75, 3.05) is 0 Å². The van der Waals surface area contributed by atoms with Crippen molar-refractivity contribution >= 4 is 0 Å². The fourth-order valence-corrected chi connectivity index (χ4v) is 1.11. The summed E-state index contributed by atoms with van der Waals surface area (Å²) in [5.74, 6) is 0.611. The van der Waals surface area contributed by atoms with Crippen molar-refractivity contribution in [1.82, 2.24) is 0 Å². The van der Waals surface area contributed by atoms with Crippen LogP contribution in [0.4, 0.5) is 0 Å². The smallest absolute Gasteiger partial charge is 0.0946 e. The number of hydrogen-bond acceptors (Lipinski definition) is 1. The van der Waals surface area contributed by atoms with Crippen LogP contribution in [0.1, 0.15) is 26.2 Å². The lowest BCUT2D eigenvalue weighted by Gasteiger charge is -2.24. The van der Waals surface area contributed by atoms with Gasteiger partial charge in [-0.25, -0.2) is 0 Å². The predicted molar refractivity (Wildman–Crippen MR) is 36.7 cm³/mol. The average molecular weight is 121 g/mol. The summed E-state index contributed by atoms with van der Waals surface area (Å²) < 4.78 is 0. The minimum absolute atomic E-state index is 0.611. The molecule has 0 saturated heterocycles. The molecule has 1 aliphatic carbocycles. The summed E-state index contributed by atoms with van der Waals surface area (Å²) in [5.41, 5.74) is 0.987. The topological polar surface area (TPSA) is 23.8 Å². The van der Waals surface area contributed by atoms with Crippen molar-refractivity contribution in [1.29, 1.82) is 5.26 Å². The molecule has 1 aliphatic rings. The van der Waals surface area contributed by atoms with Crippen LogP contribution in [0, 0.1) is 17.2 Å². The summed E-state index contributed by atoms with van der Waals surface area (Å²) in [6, 6.07) is 2.21. The monoisotopic (exact) mass is 121 g/mol. The standard InChI is InChI=1S/C8H11N/c1-2-7(6-9)8-4-3-5-8/h2,8H,3-5H2,1H3. The highest BCUT2D eigenvalue weighted by molar-refractivity contribution is 5.24. The molecule has 1 heteroatoms. The fourth-order valence-electron chi connectivity index (χ4n) is 1.11. The van der Waals surface area contributed by atoms with Crippen LogP contribution < -0.4 is 0 Å². The van der Waals surface area contributed by atoms with Gasteiger partial charge in [0.15, 0.2) is 0 Å². The summed E-state index contributed by atoms with van der Waals surface area (Å²) in [7, 11) is 0. The molecule has 0 unspecified atom stereocenters. The van der Waals surface area contributed by atoms with Gasteiger partial charge in [-0.05, 0) is 25.7 Å². The third-order valence-corrected chi connectivity index (χ3v) is 1.99. The first-order chi connectivity index (χ1) is 4.38. The summed E-state index contributed by atoms with van der Waals surface area (Å²) >= 11 is 0. The molecule has 0 aromatic carbocycles. The quantitative estimate of drug-likeness (QED) is 0.488. The van der Waals surface area contributed by atoms with Gasteiger partial charge in [0.2, 0.25) is 0 Å². The molecule has 9 heavy (non-hydrogen) atoms. The Morgan fingerprint density at radius 3 is 2.44 bits per heavy atom. The van der Waals surface area contributed by atoms with Crippen molar-refractivity contribution in [3.05, 3.63) is 11.6 Å². The minimum Gasteiger partial charge on any atom is -0.193 e. The maximum Gasteiger partial charge on any atom is 0.0946 e. The first-order valence-electron chi connectivity index (χ1n) is 3.44. The highest BCUT2D eigenvalue weighted by atomic mass is 14.3. The van der Waals surface area contributed by atoms with Crippen LogP contribution >= 0.6 is 0 Å². The highest BCUT2D eigenvalue weighted by Crippen LogP contribution is 2.32. The van der Waals surface area contributed by atoms with Gasteiger partial charge in [-0.15, -0.1) is 0 Å². The minimum atomic E-state index is 0.611. The van der Waals surface area contributed by atoms with Gasteiger partial charge < -0.3 is 0 Å². The number of hydrogen-bond donors (Lipinski definition) is 0. The Kier molecular flexibility index (Phi) is 1.89. The van der Waals surface area contributed by atoms with Crippen LogP contribution in [0.25, 0.3) is 0 Å². The predicted octanol–water partition coefficient (Wildman–Crippen LogP) is 2.26. The van der Waals surface area contributed by atoms with E-state index < -0.39 is 0 Å². The van der Waals surface area contributed by atoms with Gasteiger partial charge in [-0.3, -0.25) is 0 Å². The third kappa shape index (κ3) is 1.13.